The molecule has 2 aliphatic rings. The van der Waals surface area contributed by atoms with Crippen molar-refractivity contribution >= 4 is 24.2 Å². The second-order valence-electron chi connectivity index (χ2n) is 4.42. The largest absolute Gasteiger partial charge is 0.463 e. The van der Waals surface area contributed by atoms with Gasteiger partial charge < -0.3 is 4.74 Å². The van der Waals surface area contributed by atoms with Crippen LogP contribution in [0.2, 0.25) is 0 Å². The van der Waals surface area contributed by atoms with E-state index in [1.165, 1.54) is 21.6 Å². The van der Waals surface area contributed by atoms with Crippen LogP contribution in [-0.4, -0.2) is 12.6 Å². The van der Waals surface area contributed by atoms with Gasteiger partial charge >= 0.3 is 5.97 Å². The Morgan fingerprint density at radius 3 is 2.89 bits per heavy atom. The third-order valence-corrected chi connectivity index (χ3v) is 3.33. The van der Waals surface area contributed by atoms with Crippen molar-refractivity contribution in [1.82, 2.24) is 0 Å². The van der Waals surface area contributed by atoms with E-state index in [9.17, 15) is 4.79 Å². The molecular formula is C16H14O2. The first kappa shape index (κ1) is 11.0. The third kappa shape index (κ3) is 1.70. The average Bonchev–Trinajstić information content (AvgIpc) is 2.87. The fourth-order valence-electron chi connectivity index (χ4n) is 2.45. The highest BCUT2D eigenvalue weighted by molar-refractivity contribution is 5.91. The fraction of sp³-hybridized carbons (Fsp3) is 0.188. The Morgan fingerprint density at radius 1 is 1.22 bits per heavy atom. The number of carbonyl (C=O) groups excluding carboxylic acids is 1. The van der Waals surface area contributed by atoms with Gasteiger partial charge in [-0.2, -0.15) is 0 Å². The Bertz CT molecular complexity index is 691. The molecule has 18 heavy (non-hydrogen) atoms. The van der Waals surface area contributed by atoms with Gasteiger partial charge in [0, 0.05) is 12.0 Å². The predicted molar refractivity (Wildman–Crippen MR) is 72.1 cm³/mol. The monoisotopic (exact) mass is 238 g/mol. The number of hydrogen-bond donors (Lipinski definition) is 0. The lowest BCUT2D eigenvalue weighted by molar-refractivity contribution is -0.138. The van der Waals surface area contributed by atoms with Gasteiger partial charge in [0.1, 0.15) is 0 Å². The molecule has 2 aliphatic carbocycles. The predicted octanol–water partition coefficient (Wildman–Crippen LogP) is 1.32. The molecule has 1 aromatic rings. The number of allylic oxidation sites excluding steroid dienone is 2. The summed E-state index contributed by atoms with van der Waals surface area (Å²) in [6, 6.07) is 4.23. The smallest absolute Gasteiger partial charge is 0.334 e. The first-order valence-corrected chi connectivity index (χ1v) is 6.18. The molecule has 0 saturated carbocycles. The van der Waals surface area contributed by atoms with Crippen LogP contribution in [0.5, 0.6) is 0 Å². The summed E-state index contributed by atoms with van der Waals surface area (Å²) in [7, 11) is 0. The highest BCUT2D eigenvalue weighted by atomic mass is 16.5. The third-order valence-electron chi connectivity index (χ3n) is 3.33. The van der Waals surface area contributed by atoms with Gasteiger partial charge in [-0.15, -0.1) is 0 Å². The summed E-state index contributed by atoms with van der Waals surface area (Å²) in [6.07, 6.45) is 10.8. The van der Waals surface area contributed by atoms with Gasteiger partial charge in [0.15, 0.2) is 0 Å². The van der Waals surface area contributed by atoms with Crippen LogP contribution in [-0.2, 0) is 16.0 Å². The standard InChI is InChI=1S/C16H14O2/c1-2-18-16(17)13-9-8-12-7-6-11-4-3-5-14(11)15(12)10-13/h3-9H,2,10H2,1H3. The van der Waals surface area contributed by atoms with Crippen LogP contribution >= 0.6 is 0 Å². The molecule has 0 amide bonds. The summed E-state index contributed by atoms with van der Waals surface area (Å²) < 4.78 is 5.06. The van der Waals surface area contributed by atoms with Crippen molar-refractivity contribution in [3.8, 4) is 0 Å². The lowest BCUT2D eigenvalue weighted by atomic mass is 9.93. The zero-order valence-electron chi connectivity index (χ0n) is 10.3. The number of fused-ring (bicyclic) bond motifs is 3. The Balaban J connectivity index is 2.05. The average molecular weight is 238 g/mol. The molecule has 2 nitrogen and oxygen atoms in total. The van der Waals surface area contributed by atoms with Crippen LogP contribution in [0.25, 0.3) is 18.2 Å². The summed E-state index contributed by atoms with van der Waals surface area (Å²) in [5, 5.41) is 2.43. The summed E-state index contributed by atoms with van der Waals surface area (Å²) in [5.74, 6) is -0.206. The van der Waals surface area contributed by atoms with Crippen molar-refractivity contribution in [3.05, 3.63) is 51.4 Å². The van der Waals surface area contributed by atoms with E-state index in [1.54, 1.807) is 0 Å². The Hall–Kier alpha value is -2.09. The van der Waals surface area contributed by atoms with Gasteiger partial charge in [-0.1, -0.05) is 42.5 Å². The second kappa shape index (κ2) is 4.30. The van der Waals surface area contributed by atoms with Gasteiger partial charge in [0.05, 0.1) is 6.61 Å². The molecular weight excluding hydrogens is 224 g/mol. The van der Waals surface area contributed by atoms with E-state index in [-0.39, 0.29) is 5.97 Å². The quantitative estimate of drug-likeness (QED) is 0.726. The van der Waals surface area contributed by atoms with Gasteiger partial charge in [0.2, 0.25) is 0 Å². The maximum absolute atomic E-state index is 11.8. The van der Waals surface area contributed by atoms with Crippen LogP contribution in [0.1, 0.15) is 18.1 Å². The second-order valence-corrected chi connectivity index (χ2v) is 4.42. The van der Waals surface area contributed by atoms with E-state index < -0.39 is 0 Å². The Morgan fingerprint density at radius 2 is 2.06 bits per heavy atom. The van der Waals surface area contributed by atoms with Crippen LogP contribution in [0, 0.1) is 0 Å². The van der Waals surface area contributed by atoms with Crippen LogP contribution in [0.3, 0.4) is 0 Å². The molecule has 0 spiro atoms. The molecule has 90 valence electrons. The van der Waals surface area contributed by atoms with E-state index in [0.717, 1.165) is 5.57 Å². The minimum Gasteiger partial charge on any atom is -0.463 e. The maximum Gasteiger partial charge on any atom is 0.334 e. The highest BCUT2D eigenvalue weighted by Gasteiger charge is 2.17. The van der Waals surface area contributed by atoms with Crippen molar-refractivity contribution in [1.29, 1.82) is 0 Å². The zero-order chi connectivity index (χ0) is 12.5. The van der Waals surface area contributed by atoms with Crippen molar-refractivity contribution in [2.45, 2.75) is 13.3 Å². The first-order chi connectivity index (χ1) is 8.79. The highest BCUT2D eigenvalue weighted by Crippen LogP contribution is 2.16. The summed E-state index contributed by atoms with van der Waals surface area (Å²) in [4.78, 5) is 11.8. The molecule has 0 saturated heterocycles. The van der Waals surface area contributed by atoms with Gasteiger partial charge in [-0.3, -0.25) is 0 Å². The number of carbonyl (C=O) groups is 1. The van der Waals surface area contributed by atoms with E-state index in [2.05, 4.69) is 24.3 Å². The van der Waals surface area contributed by atoms with E-state index in [1.807, 2.05) is 25.2 Å². The molecule has 0 aliphatic heterocycles. The number of benzene rings is 1. The minimum absolute atomic E-state index is 0.206. The topological polar surface area (TPSA) is 26.3 Å². The van der Waals surface area contributed by atoms with Crippen LogP contribution in [0.4, 0.5) is 0 Å². The summed E-state index contributed by atoms with van der Waals surface area (Å²) in [6.45, 7) is 2.25. The van der Waals surface area contributed by atoms with Crippen molar-refractivity contribution in [3.63, 3.8) is 0 Å². The molecule has 0 fully saturated rings. The van der Waals surface area contributed by atoms with Gasteiger partial charge in [-0.05, 0) is 28.5 Å². The molecule has 0 N–H and O–H groups in total. The molecule has 0 bridgehead atoms. The minimum atomic E-state index is -0.206. The molecule has 1 aromatic carbocycles. The van der Waals surface area contributed by atoms with Crippen LogP contribution in [0.15, 0.2) is 29.9 Å². The van der Waals surface area contributed by atoms with Gasteiger partial charge in [-0.25, -0.2) is 4.79 Å². The molecule has 0 unspecified atom stereocenters. The SMILES string of the molecule is CCOC(=O)C1=CC=c2ccc3c(c2C1)C=CC=3. The number of esters is 1. The summed E-state index contributed by atoms with van der Waals surface area (Å²) >= 11 is 0. The van der Waals surface area contributed by atoms with Crippen molar-refractivity contribution in [2.75, 3.05) is 6.61 Å². The van der Waals surface area contributed by atoms with Gasteiger partial charge in [0.25, 0.3) is 0 Å². The molecule has 2 heteroatoms. The van der Waals surface area contributed by atoms with E-state index >= 15 is 0 Å². The lowest BCUT2D eigenvalue weighted by Crippen LogP contribution is -2.23. The zero-order valence-corrected chi connectivity index (χ0v) is 10.3. The first-order valence-electron chi connectivity index (χ1n) is 6.18. The van der Waals surface area contributed by atoms with Crippen molar-refractivity contribution < 1.29 is 9.53 Å². The molecule has 3 rings (SSSR count). The lowest BCUT2D eigenvalue weighted by Gasteiger charge is -2.13. The molecule has 0 radical (unpaired) electrons. The number of ether oxygens (including phenoxy) is 1. The Kier molecular flexibility index (Phi) is 2.63. The van der Waals surface area contributed by atoms with Crippen LogP contribution < -0.4 is 10.4 Å². The molecule has 0 heterocycles. The molecule has 0 aromatic heterocycles. The fourth-order valence-corrected chi connectivity index (χ4v) is 2.45. The molecule has 0 atom stereocenters. The normalized spacial score (nSPS) is 15.1. The number of rotatable bonds is 2. The van der Waals surface area contributed by atoms with Crippen molar-refractivity contribution in [2.24, 2.45) is 0 Å². The Labute approximate surface area is 106 Å². The number of hydrogen-bond acceptors (Lipinski definition) is 2. The van der Waals surface area contributed by atoms with E-state index in [0.29, 0.717) is 13.0 Å². The van der Waals surface area contributed by atoms with E-state index in [4.69, 9.17) is 4.74 Å². The maximum atomic E-state index is 11.8. The summed E-state index contributed by atoms with van der Waals surface area (Å²) in [5.41, 5.74) is 3.19.